The van der Waals surface area contributed by atoms with Crippen LogP contribution < -0.4 is 14.4 Å². The molecule has 1 N–H and O–H groups in total. The number of rotatable bonds is 14. The average molecular weight is 717 g/mol. The maximum absolute atomic E-state index is 14.6. The van der Waals surface area contributed by atoms with E-state index in [4.69, 9.17) is 39.5 Å². The van der Waals surface area contributed by atoms with Crippen LogP contribution >= 0.6 is 34.8 Å². The summed E-state index contributed by atoms with van der Waals surface area (Å²) in [7, 11) is -2.83. The van der Waals surface area contributed by atoms with Crippen LogP contribution in [-0.2, 0) is 32.6 Å². The molecule has 47 heavy (non-hydrogen) atoms. The molecule has 0 unspecified atom stereocenters. The molecular formula is C35H36Cl3N3O5S. The second kappa shape index (κ2) is 16.4. The molecule has 0 saturated heterocycles. The van der Waals surface area contributed by atoms with Crippen LogP contribution in [0.2, 0.25) is 15.1 Å². The second-order valence-electron chi connectivity index (χ2n) is 11.0. The van der Waals surface area contributed by atoms with E-state index >= 15 is 0 Å². The largest absolute Gasteiger partial charge is 0.497 e. The molecule has 2 atom stereocenters. The summed E-state index contributed by atoms with van der Waals surface area (Å²) in [6.45, 7) is 3.15. The number of hydrogen-bond acceptors (Lipinski definition) is 5. The molecule has 0 radical (unpaired) electrons. The molecule has 0 spiro atoms. The number of nitrogens with one attached hydrogen (secondary N) is 1. The van der Waals surface area contributed by atoms with Gasteiger partial charge in [-0.2, -0.15) is 0 Å². The topological polar surface area (TPSA) is 96.0 Å². The smallest absolute Gasteiger partial charge is 0.264 e. The normalized spacial score (nSPS) is 12.6. The van der Waals surface area contributed by atoms with E-state index in [1.165, 1.54) is 42.3 Å². The number of halogens is 3. The van der Waals surface area contributed by atoms with Crippen molar-refractivity contribution in [3.8, 4) is 5.75 Å². The standard InChI is InChI=1S/C35H36Cl3N3O5S/c1-4-24(2)39-35(43)33(20-25-9-6-5-7-10-25)40(22-26-13-18-31(37)32(38)19-26)34(42)23-41(28-12-8-11-27(36)21-28)47(44,45)30-16-14-29(46-3)15-17-30/h5-19,21,24,33H,4,20,22-23H2,1-3H3,(H,39,43)/t24-,33-/m1/s1. The summed E-state index contributed by atoms with van der Waals surface area (Å²) in [5.41, 5.74) is 1.61. The van der Waals surface area contributed by atoms with Gasteiger partial charge in [0.25, 0.3) is 10.0 Å². The van der Waals surface area contributed by atoms with E-state index in [1.54, 1.807) is 36.4 Å². The van der Waals surface area contributed by atoms with Crippen LogP contribution in [0.15, 0.2) is 102 Å². The first-order chi connectivity index (χ1) is 22.4. The number of amides is 2. The van der Waals surface area contributed by atoms with Crippen molar-refractivity contribution in [2.75, 3.05) is 18.0 Å². The minimum absolute atomic E-state index is 0.0485. The summed E-state index contributed by atoms with van der Waals surface area (Å²) >= 11 is 18.8. The van der Waals surface area contributed by atoms with Crippen LogP contribution in [0.4, 0.5) is 5.69 Å². The highest BCUT2D eigenvalue weighted by atomic mass is 35.5. The zero-order valence-electron chi connectivity index (χ0n) is 26.2. The minimum atomic E-state index is -4.30. The zero-order valence-corrected chi connectivity index (χ0v) is 29.3. The maximum atomic E-state index is 14.6. The predicted molar refractivity (Wildman–Crippen MR) is 188 cm³/mol. The molecule has 8 nitrogen and oxygen atoms in total. The lowest BCUT2D eigenvalue weighted by atomic mass is 10.0. The molecule has 248 valence electrons. The Morgan fingerprint density at radius 3 is 2.17 bits per heavy atom. The molecule has 0 bridgehead atoms. The third-order valence-electron chi connectivity index (χ3n) is 7.63. The van der Waals surface area contributed by atoms with Gasteiger partial charge >= 0.3 is 0 Å². The van der Waals surface area contributed by atoms with Gasteiger partial charge in [0.15, 0.2) is 0 Å². The van der Waals surface area contributed by atoms with E-state index in [0.717, 1.165) is 9.87 Å². The number of hydrogen-bond donors (Lipinski definition) is 1. The Kier molecular flexibility index (Phi) is 12.6. The van der Waals surface area contributed by atoms with Gasteiger partial charge in [0.2, 0.25) is 11.8 Å². The number of anilines is 1. The number of methoxy groups -OCH3 is 1. The molecule has 2 amide bonds. The summed E-state index contributed by atoms with van der Waals surface area (Å²) in [5.74, 6) is -0.518. The van der Waals surface area contributed by atoms with Crippen LogP contribution in [-0.4, -0.2) is 50.9 Å². The Morgan fingerprint density at radius 2 is 1.55 bits per heavy atom. The van der Waals surface area contributed by atoms with Gasteiger partial charge in [-0.1, -0.05) is 84.2 Å². The molecule has 0 saturated carbocycles. The lowest BCUT2D eigenvalue weighted by molar-refractivity contribution is -0.140. The van der Waals surface area contributed by atoms with Crippen molar-refractivity contribution < 1.29 is 22.7 Å². The second-order valence-corrected chi connectivity index (χ2v) is 14.1. The highest BCUT2D eigenvalue weighted by Crippen LogP contribution is 2.29. The number of ether oxygens (including phenoxy) is 1. The Labute approximate surface area is 291 Å². The van der Waals surface area contributed by atoms with Crippen LogP contribution in [0.25, 0.3) is 0 Å². The minimum Gasteiger partial charge on any atom is -0.497 e. The summed E-state index contributed by atoms with van der Waals surface area (Å²) in [4.78, 5) is 29.8. The molecule has 0 aliphatic carbocycles. The van der Waals surface area contributed by atoms with E-state index in [0.29, 0.717) is 22.8 Å². The van der Waals surface area contributed by atoms with Gasteiger partial charge in [-0.25, -0.2) is 8.42 Å². The third-order valence-corrected chi connectivity index (χ3v) is 10.4. The first-order valence-electron chi connectivity index (χ1n) is 14.9. The van der Waals surface area contributed by atoms with E-state index in [-0.39, 0.29) is 45.5 Å². The SMILES string of the molecule is CC[C@@H](C)NC(=O)[C@@H](Cc1ccccc1)N(Cc1ccc(Cl)c(Cl)c1)C(=O)CN(c1cccc(Cl)c1)S(=O)(=O)c1ccc(OC)cc1. The zero-order chi connectivity index (χ0) is 34.1. The summed E-state index contributed by atoms with van der Waals surface area (Å²) in [5, 5.41) is 3.91. The third kappa shape index (κ3) is 9.41. The summed E-state index contributed by atoms with van der Waals surface area (Å²) in [6, 6.07) is 25.2. The average Bonchev–Trinajstić information content (AvgIpc) is 3.06. The lowest BCUT2D eigenvalue weighted by Gasteiger charge is -2.34. The molecule has 4 aromatic rings. The predicted octanol–water partition coefficient (Wildman–Crippen LogP) is 7.41. The molecular weight excluding hydrogens is 681 g/mol. The number of carbonyl (C=O) groups excluding carboxylic acids is 2. The van der Waals surface area contributed by atoms with Crippen molar-refractivity contribution in [1.82, 2.24) is 10.2 Å². The van der Waals surface area contributed by atoms with Crippen molar-refractivity contribution >= 4 is 62.3 Å². The van der Waals surface area contributed by atoms with Crippen molar-refractivity contribution in [1.29, 1.82) is 0 Å². The van der Waals surface area contributed by atoms with Gasteiger partial charge in [-0.15, -0.1) is 0 Å². The van der Waals surface area contributed by atoms with Crippen LogP contribution in [0.3, 0.4) is 0 Å². The molecule has 0 aromatic heterocycles. The van der Waals surface area contributed by atoms with Crippen LogP contribution in [0.5, 0.6) is 5.75 Å². The molecule has 0 aliphatic rings. The molecule has 4 aromatic carbocycles. The van der Waals surface area contributed by atoms with Gasteiger partial charge in [0.05, 0.1) is 27.7 Å². The highest BCUT2D eigenvalue weighted by molar-refractivity contribution is 7.92. The molecule has 0 heterocycles. The van der Waals surface area contributed by atoms with Gasteiger partial charge < -0.3 is 15.0 Å². The Hall–Kier alpha value is -3.76. The fourth-order valence-electron chi connectivity index (χ4n) is 4.86. The van der Waals surface area contributed by atoms with Crippen molar-refractivity contribution in [3.63, 3.8) is 0 Å². The Morgan fingerprint density at radius 1 is 0.851 bits per heavy atom. The Balaban J connectivity index is 1.82. The number of carbonyl (C=O) groups is 2. The van der Waals surface area contributed by atoms with Gasteiger partial charge in [0, 0.05) is 24.0 Å². The van der Waals surface area contributed by atoms with Crippen LogP contribution in [0.1, 0.15) is 31.4 Å². The number of nitrogens with zero attached hydrogens (tertiary/aromatic N) is 2. The van der Waals surface area contributed by atoms with Crippen molar-refractivity contribution in [3.05, 3.63) is 123 Å². The lowest BCUT2D eigenvalue weighted by Crippen LogP contribution is -2.54. The van der Waals surface area contributed by atoms with Crippen molar-refractivity contribution in [2.24, 2.45) is 0 Å². The van der Waals surface area contributed by atoms with E-state index in [1.807, 2.05) is 44.2 Å². The molecule has 4 rings (SSSR count). The molecule has 0 fully saturated rings. The maximum Gasteiger partial charge on any atom is 0.264 e. The fraction of sp³-hybridized carbons (Fsp3) is 0.257. The first kappa shape index (κ1) is 36.1. The first-order valence-corrected chi connectivity index (χ1v) is 17.5. The molecule has 0 aliphatic heterocycles. The van der Waals surface area contributed by atoms with Crippen molar-refractivity contribution in [2.45, 2.75) is 50.2 Å². The highest BCUT2D eigenvalue weighted by Gasteiger charge is 2.35. The van der Waals surface area contributed by atoms with E-state index in [2.05, 4.69) is 5.32 Å². The fourth-order valence-corrected chi connectivity index (χ4v) is 6.78. The quantitative estimate of drug-likeness (QED) is 0.147. The Bertz CT molecular complexity index is 1790. The summed E-state index contributed by atoms with van der Waals surface area (Å²) in [6.07, 6.45) is 0.853. The monoisotopic (exact) mass is 715 g/mol. The van der Waals surface area contributed by atoms with Crippen LogP contribution in [0, 0.1) is 0 Å². The summed E-state index contributed by atoms with van der Waals surface area (Å²) < 4.78 is 34.6. The number of benzene rings is 4. The van der Waals surface area contributed by atoms with Gasteiger partial charge in [0.1, 0.15) is 18.3 Å². The molecule has 12 heteroatoms. The van der Waals surface area contributed by atoms with E-state index in [9.17, 15) is 18.0 Å². The van der Waals surface area contributed by atoms with Gasteiger partial charge in [-0.05, 0) is 79.1 Å². The van der Waals surface area contributed by atoms with Gasteiger partial charge in [-0.3, -0.25) is 13.9 Å². The van der Waals surface area contributed by atoms with E-state index < -0.39 is 28.5 Å². The number of sulfonamides is 1.